The fourth-order valence-electron chi connectivity index (χ4n) is 16.8. The third-order valence-electron chi connectivity index (χ3n) is 22.0. The van der Waals surface area contributed by atoms with E-state index in [0.717, 1.165) is 85.9 Å². The number of aromatic amines is 2. The monoisotopic (exact) mass is 1470 g/mol. The number of fused-ring (bicyclic) bond motifs is 4. The van der Waals surface area contributed by atoms with Gasteiger partial charge >= 0.3 is 24.0 Å². The lowest BCUT2D eigenvalue weighted by Crippen LogP contribution is -2.56. The minimum Gasteiger partial charge on any atom is -0.461 e. The summed E-state index contributed by atoms with van der Waals surface area (Å²) < 4.78 is 92.7. The van der Waals surface area contributed by atoms with Gasteiger partial charge in [0.05, 0.1) is 30.6 Å². The van der Waals surface area contributed by atoms with Gasteiger partial charge < -0.3 is 58.8 Å². The normalized spacial score (nSPS) is 22.5. The second-order valence-corrected chi connectivity index (χ2v) is 31.5. The molecule has 22 heteroatoms. The van der Waals surface area contributed by atoms with Crippen molar-refractivity contribution in [2.24, 2.45) is 23.7 Å². The first-order valence-corrected chi connectivity index (χ1v) is 37.8. The molecule has 0 radical (unpaired) electrons. The minimum absolute atomic E-state index is 0.00923. The molecule has 3 aliphatic heterocycles. The van der Waals surface area contributed by atoms with Crippen LogP contribution in [0.3, 0.4) is 0 Å². The van der Waals surface area contributed by atoms with Gasteiger partial charge in [-0.25, -0.2) is 22.4 Å². The number of likely N-dealkylation sites (tertiary alicyclic amines) is 2. The molecule has 12 rings (SSSR count). The number of alkyl carbamates (subject to hydrolysis) is 1. The second kappa shape index (κ2) is 33.8. The summed E-state index contributed by atoms with van der Waals surface area (Å²) in [5, 5.41) is 8.04. The van der Waals surface area contributed by atoms with Gasteiger partial charge in [-0.05, 0) is 241 Å². The van der Waals surface area contributed by atoms with Crippen molar-refractivity contribution in [3.63, 3.8) is 0 Å². The second-order valence-electron chi connectivity index (χ2n) is 31.5. The van der Waals surface area contributed by atoms with Gasteiger partial charge in [-0.1, -0.05) is 52.7 Å². The quantitative estimate of drug-likeness (QED) is 0.0300. The highest BCUT2D eigenvalue weighted by Crippen LogP contribution is 2.49. The van der Waals surface area contributed by atoms with Crippen LogP contribution >= 0.6 is 0 Å². The SMILES string of the molecule is CC.CC(=O)O[C@H]1CCN[C@@H]1CC1=C(c2[nH]c3cc(F)ccc3c2C[C@H]2CCC[C@@H]2C)Cc2cc(F)ccc21.CO[C@H](C)[C@H](CC(=O)OC(C)(C)C)C(=O)N1CC[C@H](C)[C@H]1Cc1c(C2=C(C[C@@H]3[C@@H](OC(C)=O)CCN3C(=O)[C@@H](NC(=O)OC(C)(C)C)[C@@H](C)OC)c3ccc(F)cc3C2)[nH]c2cc(F)ccc12. The summed E-state index contributed by atoms with van der Waals surface area (Å²) in [5.74, 6) is -2.90. The third-order valence-corrected chi connectivity index (χ3v) is 22.0. The Labute approximate surface area is 620 Å². The van der Waals surface area contributed by atoms with Crippen LogP contribution in [0.5, 0.6) is 0 Å². The van der Waals surface area contributed by atoms with Gasteiger partial charge in [-0.15, -0.1) is 0 Å². The van der Waals surface area contributed by atoms with E-state index in [1.807, 2.05) is 30.9 Å². The molecule has 0 bridgehead atoms. The molecule has 4 N–H and O–H groups in total. The molecule has 1 saturated carbocycles. The summed E-state index contributed by atoms with van der Waals surface area (Å²) in [6, 6.07) is 16.9. The molecule has 2 aromatic heterocycles. The lowest BCUT2D eigenvalue weighted by Gasteiger charge is -2.34. The van der Waals surface area contributed by atoms with Crippen LogP contribution in [0.1, 0.15) is 199 Å². The van der Waals surface area contributed by atoms with Crippen LogP contribution in [-0.2, 0) is 78.1 Å². The molecule has 6 aliphatic rings. The van der Waals surface area contributed by atoms with E-state index >= 15 is 8.78 Å². The van der Waals surface area contributed by atoms with Crippen LogP contribution in [0, 0.1) is 46.9 Å². The summed E-state index contributed by atoms with van der Waals surface area (Å²) in [4.78, 5) is 90.5. The highest BCUT2D eigenvalue weighted by Gasteiger charge is 2.47. The van der Waals surface area contributed by atoms with Crippen LogP contribution in [0.2, 0.25) is 0 Å². The van der Waals surface area contributed by atoms with Crippen molar-refractivity contribution >= 4 is 79.9 Å². The fourth-order valence-corrected chi connectivity index (χ4v) is 16.8. The number of ether oxygens (including phenoxy) is 6. The number of aromatic nitrogens is 2. The number of halogens is 4. The number of nitrogens with zero attached hydrogens (tertiary/aromatic N) is 2. The van der Waals surface area contributed by atoms with E-state index in [-0.39, 0.29) is 73.4 Å². The van der Waals surface area contributed by atoms with Crippen LogP contribution < -0.4 is 10.6 Å². The number of esters is 3. The summed E-state index contributed by atoms with van der Waals surface area (Å²) in [6.07, 6.45) is 5.28. The fraction of sp³-hybridized carbons (Fsp3) is 0.548. The van der Waals surface area contributed by atoms with Crippen molar-refractivity contribution in [3.05, 3.63) is 141 Å². The number of hydrogen-bond acceptors (Lipinski definition) is 13. The van der Waals surface area contributed by atoms with Crippen LogP contribution in [0.4, 0.5) is 22.4 Å². The van der Waals surface area contributed by atoms with E-state index in [4.69, 9.17) is 28.4 Å². The highest BCUT2D eigenvalue weighted by molar-refractivity contribution is 6.03. The zero-order valence-electron chi connectivity index (χ0n) is 64.5. The third kappa shape index (κ3) is 18.4. The van der Waals surface area contributed by atoms with E-state index in [9.17, 15) is 37.5 Å². The Balaban J connectivity index is 0.000000258. The van der Waals surface area contributed by atoms with Crippen LogP contribution in [-0.4, -0.2) is 149 Å². The van der Waals surface area contributed by atoms with E-state index < -0.39 is 83.1 Å². The number of H-pyrrole nitrogens is 2. The summed E-state index contributed by atoms with van der Waals surface area (Å²) >= 11 is 0. The molecule has 18 nitrogen and oxygen atoms in total. The van der Waals surface area contributed by atoms with Crippen molar-refractivity contribution in [2.45, 2.75) is 240 Å². The number of carbonyl (C=O) groups excluding carboxylic acids is 6. The maximum absolute atomic E-state index is 15.1. The molecule has 3 saturated heterocycles. The molecule has 4 fully saturated rings. The Morgan fingerprint density at radius 1 is 0.575 bits per heavy atom. The molecule has 6 aromatic rings. The van der Waals surface area contributed by atoms with E-state index in [1.54, 1.807) is 90.6 Å². The lowest BCUT2D eigenvalue weighted by atomic mass is 9.87. The van der Waals surface area contributed by atoms with Gasteiger partial charge in [0.1, 0.15) is 52.7 Å². The molecular weight excluding hydrogens is 1360 g/mol. The highest BCUT2D eigenvalue weighted by atomic mass is 19.1. The van der Waals surface area contributed by atoms with Crippen molar-refractivity contribution in [3.8, 4) is 0 Å². The molecule has 12 atom stereocenters. The van der Waals surface area contributed by atoms with Crippen LogP contribution in [0.15, 0.2) is 72.8 Å². The Bertz CT molecular complexity index is 4300. The number of rotatable bonds is 21. The zero-order valence-corrected chi connectivity index (χ0v) is 64.5. The Kier molecular flexibility index (Phi) is 25.6. The van der Waals surface area contributed by atoms with E-state index in [0.29, 0.717) is 67.3 Å². The molecule has 0 spiro atoms. The number of allylic oxidation sites excluding steroid dienone is 2. The number of methoxy groups -OCH3 is 2. The summed E-state index contributed by atoms with van der Waals surface area (Å²) in [5.41, 5.74) is 10.8. The molecule has 5 heterocycles. The van der Waals surface area contributed by atoms with Crippen molar-refractivity contribution in [2.75, 3.05) is 33.9 Å². The lowest BCUT2D eigenvalue weighted by molar-refractivity contribution is -0.161. The average molecular weight is 1470 g/mol. The zero-order chi connectivity index (χ0) is 77.0. The number of hydrogen-bond donors (Lipinski definition) is 4. The smallest absolute Gasteiger partial charge is 0.408 e. The molecule has 4 aromatic carbocycles. The molecule has 3 amide bonds. The number of benzene rings is 4. The van der Waals surface area contributed by atoms with E-state index in [1.165, 1.54) is 83.2 Å². The van der Waals surface area contributed by atoms with Gasteiger partial charge in [0.25, 0.3) is 0 Å². The Morgan fingerprint density at radius 3 is 1.61 bits per heavy atom. The first-order valence-electron chi connectivity index (χ1n) is 37.8. The van der Waals surface area contributed by atoms with E-state index in [2.05, 4.69) is 34.4 Å². The largest absolute Gasteiger partial charge is 0.461 e. The van der Waals surface area contributed by atoms with Gasteiger partial charge in [0.15, 0.2) is 0 Å². The predicted molar refractivity (Wildman–Crippen MR) is 402 cm³/mol. The Morgan fingerprint density at radius 2 is 1.08 bits per heavy atom. The first kappa shape index (κ1) is 80.2. The van der Waals surface area contributed by atoms with Gasteiger partial charge in [-0.2, -0.15) is 0 Å². The minimum atomic E-state index is -1.17. The summed E-state index contributed by atoms with van der Waals surface area (Å²) in [7, 11) is 2.94. The van der Waals surface area contributed by atoms with Gasteiger partial charge in [-0.3, -0.25) is 24.0 Å². The van der Waals surface area contributed by atoms with Crippen molar-refractivity contribution in [1.82, 2.24) is 30.4 Å². The topological polar surface area (TPSA) is 220 Å². The Hall–Kier alpha value is -8.34. The number of amides is 3. The standard InChI is InChI=1S/C51H68F2N4O10.C31H34F2N2O2.C2H6/c1-27-17-19-56(47(60)36(28(2)63-11)26-44(59)66-50(5,6)7)41(27)25-39-35-16-14-33(53)23-40(35)54-46(39)38-22-31-21-32(52)13-15-34(31)37(38)24-42-43(65-30(4)58)18-20-57(42)48(61)45(29(3)64-12)55-49(62)67-51(8,9)10;1-17-4-3-5-19(17)13-26-24-9-7-22(33)15-28(24)35-31(26)27-14-20-12-21(32)6-8-23(20)25(27)16-29-30(10-11-34-29)37-18(2)36;1-2/h13-16,21,23,27-29,36,41-43,45,54H,17-20,22,24-26H2,1-12H3,(H,55,62);6-9,12,15,17,19,29-30,34-35H,3-5,10-11,13-14,16H2,1-2H3;1-2H3/t27-,28+,29+,36-,41+,42+,43-,45-;17-,19+,29+,30-;/m00./s1. The number of carbonyl (C=O) groups is 6. The van der Waals surface area contributed by atoms with Gasteiger partial charge in [0, 0.05) is 106 Å². The van der Waals surface area contributed by atoms with Crippen molar-refractivity contribution in [1.29, 1.82) is 0 Å². The average Bonchev–Trinajstić information content (AvgIpc) is 1.60. The summed E-state index contributed by atoms with van der Waals surface area (Å²) in [6.45, 7) is 26.5. The molecule has 106 heavy (non-hydrogen) atoms. The number of nitrogens with one attached hydrogen (secondary N) is 4. The maximum Gasteiger partial charge on any atom is 0.408 e. The molecular formula is C84H108F4N6O12. The first-order chi connectivity index (χ1) is 50.3. The molecule has 574 valence electrons. The maximum atomic E-state index is 15.1. The van der Waals surface area contributed by atoms with Gasteiger partial charge in [0.2, 0.25) is 11.8 Å². The van der Waals surface area contributed by atoms with Crippen LogP contribution in [0.25, 0.3) is 44.1 Å². The van der Waals surface area contributed by atoms with Crippen molar-refractivity contribution < 1.29 is 74.8 Å². The molecule has 0 unspecified atom stereocenters. The molecule has 3 aliphatic carbocycles. The predicted octanol–water partition coefficient (Wildman–Crippen LogP) is 15.5.